The molecule has 2 saturated heterocycles. The van der Waals surface area contributed by atoms with E-state index in [0.717, 1.165) is 47.3 Å². The molecule has 4 aromatic rings. The second-order valence-electron chi connectivity index (χ2n) is 10.9. The molecule has 186 valence electrons. The van der Waals surface area contributed by atoms with Gasteiger partial charge in [0.05, 0.1) is 11.2 Å². The van der Waals surface area contributed by atoms with E-state index >= 15 is 0 Å². The zero-order chi connectivity index (χ0) is 24.6. The first-order chi connectivity index (χ1) is 17.3. The Hall–Kier alpha value is -2.68. The van der Waals surface area contributed by atoms with Gasteiger partial charge < -0.3 is 19.4 Å². The van der Waals surface area contributed by atoms with Crippen molar-refractivity contribution in [1.29, 1.82) is 0 Å². The minimum absolute atomic E-state index is 0.0187. The molecule has 3 aromatic heterocycles. The van der Waals surface area contributed by atoms with Gasteiger partial charge in [0.25, 0.3) is 0 Å². The zero-order valence-corrected chi connectivity index (χ0v) is 21.9. The fourth-order valence-corrected chi connectivity index (χ4v) is 7.68. The molecule has 5 atom stereocenters. The highest BCUT2D eigenvalue weighted by atomic mass is 32.2. The first-order valence-corrected chi connectivity index (χ1v) is 13.8. The average Bonchev–Trinajstić information content (AvgIpc) is 3.57. The molecule has 3 aliphatic rings. The van der Waals surface area contributed by atoms with Crippen molar-refractivity contribution < 1.29 is 9.47 Å². The number of ether oxygens (including phenoxy) is 2. The third-order valence-electron chi connectivity index (χ3n) is 7.70. The number of aryl methyl sites for hydroxylation is 2. The Labute approximate surface area is 215 Å². The summed E-state index contributed by atoms with van der Waals surface area (Å²) in [5, 5.41) is 6.25. The van der Waals surface area contributed by atoms with Crippen molar-refractivity contribution in [3.8, 4) is 0 Å². The van der Waals surface area contributed by atoms with E-state index < -0.39 is 5.79 Å². The van der Waals surface area contributed by atoms with Gasteiger partial charge in [-0.2, -0.15) is 0 Å². The lowest BCUT2D eigenvalue weighted by Crippen LogP contribution is -2.29. The summed E-state index contributed by atoms with van der Waals surface area (Å²) in [6.45, 7) is 8.28. The Morgan fingerprint density at radius 2 is 2.00 bits per heavy atom. The first-order valence-electron chi connectivity index (χ1n) is 12.8. The van der Waals surface area contributed by atoms with Crippen molar-refractivity contribution in [2.24, 2.45) is 0 Å². The number of fused-ring (bicyclic) bond motifs is 4. The van der Waals surface area contributed by atoms with Gasteiger partial charge in [-0.1, -0.05) is 12.1 Å². The van der Waals surface area contributed by atoms with E-state index in [1.165, 1.54) is 16.5 Å². The molecule has 36 heavy (non-hydrogen) atoms. The van der Waals surface area contributed by atoms with Crippen LogP contribution in [-0.2, 0) is 22.3 Å². The predicted molar refractivity (Wildman–Crippen MR) is 143 cm³/mol. The summed E-state index contributed by atoms with van der Waals surface area (Å²) in [7, 11) is 0. The fourth-order valence-electron chi connectivity index (χ4n) is 6.03. The van der Waals surface area contributed by atoms with Crippen LogP contribution in [0.1, 0.15) is 49.4 Å². The van der Waals surface area contributed by atoms with Crippen LogP contribution >= 0.6 is 11.8 Å². The number of benzene rings is 1. The van der Waals surface area contributed by atoms with Crippen LogP contribution in [0.4, 0.5) is 5.82 Å². The number of hydrogen-bond acceptors (Lipinski definition) is 7. The van der Waals surface area contributed by atoms with Gasteiger partial charge in [0, 0.05) is 28.3 Å². The minimum Gasteiger partial charge on any atom is -0.367 e. The Morgan fingerprint density at radius 1 is 1.14 bits per heavy atom. The number of rotatable bonds is 4. The van der Waals surface area contributed by atoms with Crippen molar-refractivity contribution in [1.82, 2.24) is 19.5 Å². The quantitative estimate of drug-likeness (QED) is 0.401. The van der Waals surface area contributed by atoms with E-state index in [9.17, 15) is 0 Å². The van der Waals surface area contributed by atoms with Crippen molar-refractivity contribution in [3.05, 3.63) is 59.7 Å². The molecule has 6 heterocycles. The molecule has 0 bridgehead atoms. The predicted octanol–water partition coefficient (Wildman–Crippen LogP) is 5.41. The van der Waals surface area contributed by atoms with Gasteiger partial charge in [0.2, 0.25) is 0 Å². The fraction of sp³-hybridized carbons (Fsp3) is 0.464. The van der Waals surface area contributed by atoms with Crippen molar-refractivity contribution in [2.45, 2.75) is 81.6 Å². The standard InChI is InChI=1S/C28H31N5O2S/c1-15-11-19-13-18-7-5-17(12-21(18)32-25(19)31-15)6-8-22-23-24(35-28(3,4)34-23)27(36-22)33-10-9-20-16(2)29-14-30-26(20)33/h5,7,9-10,12-15,22-24,27H,6,8,11H2,1-4H3,(H,31,32)/t15?,22-,23+,24+,27+/m0/s1. The molecular formula is C28H31N5O2S. The number of thioether (sulfide) groups is 1. The van der Waals surface area contributed by atoms with Crippen molar-refractivity contribution in [2.75, 3.05) is 5.32 Å². The molecular weight excluding hydrogens is 470 g/mol. The van der Waals surface area contributed by atoms with E-state index in [1.54, 1.807) is 6.33 Å². The van der Waals surface area contributed by atoms with Crippen molar-refractivity contribution in [3.63, 3.8) is 0 Å². The van der Waals surface area contributed by atoms with Crippen LogP contribution in [0.15, 0.2) is 42.9 Å². The van der Waals surface area contributed by atoms with Gasteiger partial charge in [-0.25, -0.2) is 15.0 Å². The van der Waals surface area contributed by atoms with Crippen LogP contribution in [-0.4, -0.2) is 48.8 Å². The second kappa shape index (κ2) is 8.16. The Kier molecular flexibility index (Phi) is 5.10. The van der Waals surface area contributed by atoms with Crippen LogP contribution in [0.3, 0.4) is 0 Å². The van der Waals surface area contributed by atoms with Crippen LogP contribution in [0.5, 0.6) is 0 Å². The summed E-state index contributed by atoms with van der Waals surface area (Å²) in [5.41, 5.74) is 5.66. The van der Waals surface area contributed by atoms with Gasteiger partial charge in [0.1, 0.15) is 35.4 Å². The van der Waals surface area contributed by atoms with Gasteiger partial charge in [-0.05, 0) is 76.3 Å². The van der Waals surface area contributed by atoms with Crippen molar-refractivity contribution >= 4 is 39.5 Å². The third kappa shape index (κ3) is 3.69. The van der Waals surface area contributed by atoms with E-state index in [0.29, 0.717) is 11.3 Å². The van der Waals surface area contributed by atoms with Crippen LogP contribution < -0.4 is 5.32 Å². The number of hydrogen-bond donors (Lipinski definition) is 1. The number of aromatic nitrogens is 4. The third-order valence-corrected chi connectivity index (χ3v) is 9.32. The molecule has 7 nitrogen and oxygen atoms in total. The Balaban J connectivity index is 1.14. The van der Waals surface area contributed by atoms with E-state index in [4.69, 9.17) is 14.5 Å². The average molecular weight is 502 g/mol. The summed E-state index contributed by atoms with van der Waals surface area (Å²) >= 11 is 1.95. The Bertz CT molecular complexity index is 1480. The highest BCUT2D eigenvalue weighted by molar-refractivity contribution is 8.00. The largest absolute Gasteiger partial charge is 0.367 e. The molecule has 0 radical (unpaired) electrons. The maximum absolute atomic E-state index is 6.46. The molecule has 3 aliphatic heterocycles. The maximum Gasteiger partial charge on any atom is 0.163 e. The monoisotopic (exact) mass is 501 g/mol. The lowest BCUT2D eigenvalue weighted by molar-refractivity contribution is -0.148. The van der Waals surface area contributed by atoms with E-state index in [1.807, 2.05) is 32.5 Å². The minimum atomic E-state index is -0.585. The molecule has 0 spiro atoms. The van der Waals surface area contributed by atoms with Crippen LogP contribution in [0, 0.1) is 6.92 Å². The normalized spacial score (nSPS) is 28.5. The molecule has 1 N–H and O–H groups in total. The summed E-state index contributed by atoms with van der Waals surface area (Å²) < 4.78 is 15.2. The molecule has 0 saturated carbocycles. The van der Waals surface area contributed by atoms with Gasteiger partial charge in [-0.3, -0.25) is 0 Å². The van der Waals surface area contributed by atoms with E-state index in [2.05, 4.69) is 63.3 Å². The van der Waals surface area contributed by atoms with E-state index in [-0.39, 0.29) is 17.6 Å². The SMILES string of the molecule is Cc1ncnc2c1ccn2[C@@H]1S[C@@H](CCc2ccc3cc4c(nc3c2)NC(C)C4)[C@H]2OC(C)(C)O[C@H]21. The van der Waals surface area contributed by atoms with Crippen LogP contribution in [0.2, 0.25) is 0 Å². The molecule has 1 aromatic carbocycles. The molecule has 7 rings (SSSR count). The molecule has 0 aliphatic carbocycles. The Morgan fingerprint density at radius 3 is 2.89 bits per heavy atom. The summed E-state index contributed by atoms with van der Waals surface area (Å²) in [6.07, 6.45) is 6.84. The molecule has 0 amide bonds. The van der Waals surface area contributed by atoms with Gasteiger partial charge in [-0.15, -0.1) is 11.8 Å². The van der Waals surface area contributed by atoms with Gasteiger partial charge in [0.15, 0.2) is 5.79 Å². The second-order valence-corrected chi connectivity index (χ2v) is 12.2. The topological polar surface area (TPSA) is 74.1 Å². The number of nitrogens with one attached hydrogen (secondary N) is 1. The number of nitrogens with zero attached hydrogens (tertiary/aromatic N) is 4. The van der Waals surface area contributed by atoms with Gasteiger partial charge >= 0.3 is 0 Å². The maximum atomic E-state index is 6.46. The summed E-state index contributed by atoms with van der Waals surface area (Å²) in [4.78, 5) is 13.9. The van der Waals surface area contributed by atoms with Crippen LogP contribution in [0.25, 0.3) is 21.9 Å². The smallest absolute Gasteiger partial charge is 0.163 e. The summed E-state index contributed by atoms with van der Waals surface area (Å²) in [5.74, 6) is 0.457. The highest BCUT2D eigenvalue weighted by Crippen LogP contribution is 2.52. The number of pyridine rings is 1. The first kappa shape index (κ1) is 22.5. The molecule has 8 heteroatoms. The molecule has 2 fully saturated rings. The molecule has 1 unspecified atom stereocenters. The zero-order valence-electron chi connectivity index (χ0n) is 21.1. The lowest BCUT2D eigenvalue weighted by atomic mass is 10.0. The summed E-state index contributed by atoms with van der Waals surface area (Å²) in [6, 6.07) is 11.6. The number of anilines is 1. The highest BCUT2D eigenvalue weighted by Gasteiger charge is 2.55. The lowest BCUT2D eigenvalue weighted by Gasteiger charge is -2.24.